The number of morpholine rings is 1. The van der Waals surface area contributed by atoms with Gasteiger partial charge in [-0.15, -0.1) is 0 Å². The highest BCUT2D eigenvalue weighted by atomic mass is 32.1. The fourth-order valence-corrected chi connectivity index (χ4v) is 3.50. The van der Waals surface area contributed by atoms with Gasteiger partial charge in [0.2, 0.25) is 0 Å². The van der Waals surface area contributed by atoms with E-state index in [1.807, 2.05) is 26.0 Å². The molecule has 3 heterocycles. The average molecular weight is 361 g/mol. The molecule has 25 heavy (non-hydrogen) atoms. The number of ether oxygens (including phenoxy) is 1. The number of rotatable bonds is 6. The van der Waals surface area contributed by atoms with Crippen molar-refractivity contribution in [1.29, 1.82) is 0 Å². The first-order valence-electron chi connectivity index (χ1n) is 8.37. The molecule has 3 rings (SSSR count). The largest absolute Gasteiger partial charge is 0.379 e. The van der Waals surface area contributed by atoms with Crippen molar-refractivity contribution >= 4 is 28.2 Å². The summed E-state index contributed by atoms with van der Waals surface area (Å²) in [6.07, 6.45) is 1.75. The molecular weight excluding hydrogens is 338 g/mol. The van der Waals surface area contributed by atoms with E-state index in [0.717, 1.165) is 49.9 Å². The summed E-state index contributed by atoms with van der Waals surface area (Å²) in [7, 11) is 0. The van der Waals surface area contributed by atoms with Crippen LogP contribution >= 0.6 is 11.3 Å². The van der Waals surface area contributed by atoms with Crippen molar-refractivity contribution in [2.45, 2.75) is 13.8 Å². The van der Waals surface area contributed by atoms with E-state index >= 15 is 0 Å². The van der Waals surface area contributed by atoms with Crippen molar-refractivity contribution < 1.29 is 9.53 Å². The van der Waals surface area contributed by atoms with Crippen molar-refractivity contribution in [1.82, 2.24) is 20.2 Å². The van der Waals surface area contributed by atoms with E-state index in [1.165, 1.54) is 11.3 Å². The van der Waals surface area contributed by atoms with Gasteiger partial charge in [0.25, 0.3) is 5.91 Å². The molecule has 0 bridgehead atoms. The zero-order valence-corrected chi connectivity index (χ0v) is 15.4. The minimum absolute atomic E-state index is 0.0755. The third-order valence-electron chi connectivity index (χ3n) is 3.97. The van der Waals surface area contributed by atoms with Crippen LogP contribution in [0.2, 0.25) is 0 Å². The second-order valence-electron chi connectivity index (χ2n) is 5.99. The fraction of sp³-hybridized carbons (Fsp3) is 0.471. The van der Waals surface area contributed by atoms with E-state index in [1.54, 1.807) is 6.20 Å². The number of thiazole rings is 1. The molecule has 1 aliphatic heterocycles. The average Bonchev–Trinajstić information content (AvgIpc) is 2.96. The molecule has 0 aliphatic carbocycles. The van der Waals surface area contributed by atoms with Gasteiger partial charge in [-0.25, -0.2) is 9.97 Å². The van der Waals surface area contributed by atoms with Crippen LogP contribution in [0.4, 0.5) is 10.9 Å². The van der Waals surface area contributed by atoms with E-state index in [-0.39, 0.29) is 5.91 Å². The minimum atomic E-state index is -0.0755. The molecule has 8 heteroatoms. The van der Waals surface area contributed by atoms with E-state index in [9.17, 15) is 4.79 Å². The number of nitrogens with zero attached hydrogens (tertiary/aromatic N) is 3. The van der Waals surface area contributed by atoms with Crippen LogP contribution in [-0.4, -0.2) is 60.2 Å². The summed E-state index contributed by atoms with van der Waals surface area (Å²) in [5.74, 6) is 0.654. The molecule has 2 aromatic heterocycles. The van der Waals surface area contributed by atoms with Crippen LogP contribution in [0, 0.1) is 13.8 Å². The number of hydrogen-bond donors (Lipinski definition) is 2. The fourth-order valence-electron chi connectivity index (χ4n) is 2.61. The van der Waals surface area contributed by atoms with Gasteiger partial charge >= 0.3 is 0 Å². The summed E-state index contributed by atoms with van der Waals surface area (Å²) in [5.41, 5.74) is 1.84. The number of amides is 1. The molecule has 1 saturated heterocycles. The molecule has 0 atom stereocenters. The van der Waals surface area contributed by atoms with E-state index in [2.05, 4.69) is 25.5 Å². The summed E-state index contributed by atoms with van der Waals surface area (Å²) in [6, 6.07) is 3.88. The second-order valence-corrected chi connectivity index (χ2v) is 6.99. The number of aromatic nitrogens is 2. The number of hydrogen-bond acceptors (Lipinski definition) is 7. The van der Waals surface area contributed by atoms with Crippen LogP contribution in [0.1, 0.15) is 20.9 Å². The molecule has 2 aromatic rings. The van der Waals surface area contributed by atoms with Crippen molar-refractivity contribution in [2.75, 3.05) is 44.7 Å². The van der Waals surface area contributed by atoms with Crippen LogP contribution in [0.5, 0.6) is 0 Å². The maximum atomic E-state index is 12.4. The molecule has 0 spiro atoms. The molecule has 2 N–H and O–H groups in total. The molecule has 0 aromatic carbocycles. The lowest BCUT2D eigenvalue weighted by Gasteiger charge is -2.26. The lowest BCUT2D eigenvalue weighted by molar-refractivity contribution is 0.0383. The topological polar surface area (TPSA) is 79.4 Å². The zero-order chi connectivity index (χ0) is 17.6. The third-order valence-corrected chi connectivity index (χ3v) is 5.04. The van der Waals surface area contributed by atoms with E-state index in [0.29, 0.717) is 16.6 Å². The van der Waals surface area contributed by atoms with Gasteiger partial charge in [0, 0.05) is 32.4 Å². The van der Waals surface area contributed by atoms with Gasteiger partial charge in [-0.3, -0.25) is 9.69 Å². The lowest BCUT2D eigenvalue weighted by atomic mass is 10.3. The van der Waals surface area contributed by atoms with Crippen molar-refractivity contribution in [2.24, 2.45) is 0 Å². The Bertz CT molecular complexity index is 728. The van der Waals surface area contributed by atoms with Crippen LogP contribution in [0.25, 0.3) is 0 Å². The van der Waals surface area contributed by atoms with Crippen LogP contribution in [0.3, 0.4) is 0 Å². The Morgan fingerprint density at radius 2 is 2.16 bits per heavy atom. The molecule has 0 radical (unpaired) electrons. The lowest BCUT2D eigenvalue weighted by Crippen LogP contribution is -2.41. The van der Waals surface area contributed by atoms with Crippen LogP contribution < -0.4 is 10.6 Å². The predicted molar refractivity (Wildman–Crippen MR) is 98.7 cm³/mol. The Hall–Kier alpha value is -2.03. The first kappa shape index (κ1) is 17.8. The first-order chi connectivity index (χ1) is 12.1. The zero-order valence-electron chi connectivity index (χ0n) is 14.5. The van der Waals surface area contributed by atoms with Crippen molar-refractivity contribution in [3.8, 4) is 0 Å². The summed E-state index contributed by atoms with van der Waals surface area (Å²) >= 11 is 1.35. The second kappa shape index (κ2) is 8.37. The van der Waals surface area contributed by atoms with Crippen molar-refractivity contribution in [3.63, 3.8) is 0 Å². The van der Waals surface area contributed by atoms with Gasteiger partial charge in [0.15, 0.2) is 5.13 Å². The Kier molecular flexibility index (Phi) is 5.95. The monoisotopic (exact) mass is 361 g/mol. The predicted octanol–water partition coefficient (Wildman–Crippen LogP) is 1.96. The molecule has 1 amide bonds. The molecule has 1 aliphatic rings. The first-order valence-corrected chi connectivity index (χ1v) is 9.19. The Labute approximate surface area is 151 Å². The smallest absolute Gasteiger partial charge is 0.263 e. The van der Waals surface area contributed by atoms with Gasteiger partial charge < -0.3 is 15.4 Å². The van der Waals surface area contributed by atoms with Crippen LogP contribution in [-0.2, 0) is 4.74 Å². The molecule has 0 unspecified atom stereocenters. The third kappa shape index (κ3) is 4.97. The normalized spacial score (nSPS) is 15.1. The van der Waals surface area contributed by atoms with Gasteiger partial charge in [0.1, 0.15) is 10.7 Å². The van der Waals surface area contributed by atoms with Gasteiger partial charge in [0.05, 0.1) is 18.9 Å². The van der Waals surface area contributed by atoms with Gasteiger partial charge in [-0.2, -0.15) is 0 Å². The summed E-state index contributed by atoms with van der Waals surface area (Å²) in [5, 5.41) is 6.82. The highest BCUT2D eigenvalue weighted by Crippen LogP contribution is 2.25. The number of carbonyl (C=O) groups excluding carboxylic acids is 1. The Balaban J connectivity index is 1.54. The highest BCUT2D eigenvalue weighted by Gasteiger charge is 2.16. The SMILES string of the molecule is Cc1ccnc(Nc2nc(C)c(C(=O)NCCN3CCOCC3)s2)c1. The number of carbonyl (C=O) groups is 1. The maximum absolute atomic E-state index is 12.4. The summed E-state index contributed by atoms with van der Waals surface area (Å²) in [6.45, 7) is 8.70. The molecule has 7 nitrogen and oxygen atoms in total. The molecule has 0 saturated carbocycles. The number of pyridine rings is 1. The van der Waals surface area contributed by atoms with E-state index < -0.39 is 0 Å². The molecule has 1 fully saturated rings. The maximum Gasteiger partial charge on any atom is 0.263 e. The Morgan fingerprint density at radius 3 is 2.92 bits per heavy atom. The molecular formula is C17H23N5O2S. The van der Waals surface area contributed by atoms with Gasteiger partial charge in [-0.05, 0) is 31.5 Å². The number of aryl methyl sites for hydroxylation is 2. The molecule has 134 valence electrons. The number of anilines is 2. The van der Waals surface area contributed by atoms with Gasteiger partial charge in [-0.1, -0.05) is 11.3 Å². The summed E-state index contributed by atoms with van der Waals surface area (Å²) in [4.78, 5) is 24.0. The minimum Gasteiger partial charge on any atom is -0.379 e. The highest BCUT2D eigenvalue weighted by molar-refractivity contribution is 7.17. The quantitative estimate of drug-likeness (QED) is 0.819. The Morgan fingerprint density at radius 1 is 1.36 bits per heavy atom. The number of nitrogens with one attached hydrogen (secondary N) is 2. The summed E-state index contributed by atoms with van der Waals surface area (Å²) < 4.78 is 5.32. The van der Waals surface area contributed by atoms with E-state index in [4.69, 9.17) is 4.74 Å². The standard InChI is InChI=1S/C17H23N5O2S/c1-12-3-4-18-14(11-12)21-17-20-13(2)15(25-17)16(23)19-5-6-22-7-9-24-10-8-22/h3-4,11H,5-10H2,1-2H3,(H,19,23)(H,18,20,21). The van der Waals surface area contributed by atoms with Crippen molar-refractivity contribution in [3.05, 3.63) is 34.5 Å². The van der Waals surface area contributed by atoms with Crippen LogP contribution in [0.15, 0.2) is 18.3 Å².